The lowest BCUT2D eigenvalue weighted by atomic mass is 10.0. The van der Waals surface area contributed by atoms with Gasteiger partial charge in [0.05, 0.1) is 17.1 Å². The van der Waals surface area contributed by atoms with Crippen molar-refractivity contribution in [3.63, 3.8) is 0 Å². The summed E-state index contributed by atoms with van der Waals surface area (Å²) in [6.07, 6.45) is 0.213. The van der Waals surface area contributed by atoms with Gasteiger partial charge in [-0.05, 0) is 43.2 Å². The molecule has 0 spiro atoms. The van der Waals surface area contributed by atoms with Crippen molar-refractivity contribution in [3.8, 4) is 28.3 Å². The Bertz CT molecular complexity index is 1770. The Labute approximate surface area is 217 Å². The number of sulfone groups is 1. The first-order chi connectivity index (χ1) is 17.7. The summed E-state index contributed by atoms with van der Waals surface area (Å²) in [5, 5.41) is 9.49. The molecule has 0 atom stereocenters. The van der Waals surface area contributed by atoms with Gasteiger partial charge in [0, 0.05) is 22.9 Å². The molecule has 0 saturated heterocycles. The Morgan fingerprint density at radius 2 is 1.59 bits per heavy atom. The highest BCUT2D eigenvalue weighted by Gasteiger charge is 2.21. The molecular weight excluding hydrogens is 512 g/mol. The molecule has 2 N–H and O–H groups in total. The molecule has 5 rings (SSSR count). The molecule has 0 aliphatic rings. The molecule has 3 heterocycles. The SMILES string of the molecule is Cc1cc(-c2nc3c(=O)cc(S(=O)(=O)CCc4ccc(O)cc4)[nH]c3nc2-c2ccccc2)cc(Cl)n1. The van der Waals surface area contributed by atoms with Crippen LogP contribution in [-0.2, 0) is 16.3 Å². The third-order valence-corrected chi connectivity index (χ3v) is 7.63. The number of aromatic nitrogens is 4. The first-order valence-electron chi connectivity index (χ1n) is 11.4. The molecule has 0 unspecified atom stereocenters. The second-order valence-electron chi connectivity index (χ2n) is 8.54. The van der Waals surface area contributed by atoms with Crippen molar-refractivity contribution in [3.05, 3.63) is 99.4 Å². The Kier molecular flexibility index (Phi) is 6.49. The van der Waals surface area contributed by atoms with Crippen molar-refractivity contribution in [2.75, 3.05) is 5.75 Å². The number of aromatic amines is 1. The third kappa shape index (κ3) is 5.23. The minimum Gasteiger partial charge on any atom is -0.508 e. The maximum atomic E-state index is 13.1. The number of aromatic hydroxyl groups is 1. The molecule has 0 radical (unpaired) electrons. The van der Waals surface area contributed by atoms with Crippen LogP contribution in [0.2, 0.25) is 5.15 Å². The number of phenols is 1. The number of halogens is 1. The molecule has 37 heavy (non-hydrogen) atoms. The average molecular weight is 533 g/mol. The van der Waals surface area contributed by atoms with Crippen LogP contribution in [0.15, 0.2) is 82.6 Å². The van der Waals surface area contributed by atoms with E-state index in [1.807, 2.05) is 30.3 Å². The van der Waals surface area contributed by atoms with Gasteiger partial charge in [0.2, 0.25) is 5.43 Å². The van der Waals surface area contributed by atoms with E-state index in [1.165, 1.54) is 12.1 Å². The van der Waals surface area contributed by atoms with Crippen LogP contribution in [0.25, 0.3) is 33.7 Å². The number of benzene rings is 2. The van der Waals surface area contributed by atoms with Gasteiger partial charge < -0.3 is 10.1 Å². The van der Waals surface area contributed by atoms with Crippen molar-refractivity contribution in [1.29, 1.82) is 0 Å². The molecule has 10 heteroatoms. The summed E-state index contributed by atoms with van der Waals surface area (Å²) in [4.78, 5) is 29.4. The molecular formula is C27H21ClN4O4S. The number of hydrogen-bond acceptors (Lipinski definition) is 7. The Morgan fingerprint density at radius 1 is 0.892 bits per heavy atom. The number of fused-ring (bicyclic) bond motifs is 1. The van der Waals surface area contributed by atoms with Crippen LogP contribution in [0.5, 0.6) is 5.75 Å². The van der Waals surface area contributed by atoms with Gasteiger partial charge >= 0.3 is 0 Å². The number of phenolic OH excluding ortho intramolecular Hbond substituents is 1. The van der Waals surface area contributed by atoms with Gasteiger partial charge in [-0.1, -0.05) is 54.1 Å². The summed E-state index contributed by atoms with van der Waals surface area (Å²) in [6.45, 7) is 1.80. The van der Waals surface area contributed by atoms with Crippen molar-refractivity contribution < 1.29 is 13.5 Å². The number of H-pyrrole nitrogens is 1. The summed E-state index contributed by atoms with van der Waals surface area (Å²) in [7, 11) is -3.85. The lowest BCUT2D eigenvalue weighted by Gasteiger charge is -2.12. The smallest absolute Gasteiger partial charge is 0.210 e. The van der Waals surface area contributed by atoms with E-state index >= 15 is 0 Å². The topological polar surface area (TPSA) is 126 Å². The largest absolute Gasteiger partial charge is 0.508 e. The Balaban J connectivity index is 1.63. The zero-order valence-electron chi connectivity index (χ0n) is 19.6. The number of nitrogens with one attached hydrogen (secondary N) is 1. The van der Waals surface area contributed by atoms with Crippen molar-refractivity contribution in [1.82, 2.24) is 19.9 Å². The second-order valence-corrected chi connectivity index (χ2v) is 11.0. The minimum atomic E-state index is -3.85. The second kappa shape index (κ2) is 9.76. The van der Waals surface area contributed by atoms with Gasteiger partial charge in [-0.2, -0.15) is 0 Å². The monoisotopic (exact) mass is 532 g/mol. The fourth-order valence-corrected chi connectivity index (χ4v) is 5.50. The van der Waals surface area contributed by atoms with Gasteiger partial charge in [0.15, 0.2) is 21.0 Å². The maximum absolute atomic E-state index is 13.1. The first-order valence-corrected chi connectivity index (χ1v) is 13.4. The molecule has 5 aromatic rings. The fourth-order valence-electron chi connectivity index (χ4n) is 3.99. The van der Waals surface area contributed by atoms with Crippen LogP contribution in [0.4, 0.5) is 0 Å². The minimum absolute atomic E-state index is 0.0118. The molecule has 8 nitrogen and oxygen atoms in total. The van der Waals surface area contributed by atoms with Crippen LogP contribution in [0, 0.1) is 6.92 Å². The zero-order chi connectivity index (χ0) is 26.2. The summed E-state index contributed by atoms with van der Waals surface area (Å²) in [5.41, 5.74) is 3.19. The van der Waals surface area contributed by atoms with E-state index in [2.05, 4.69) is 19.9 Å². The van der Waals surface area contributed by atoms with E-state index in [-0.39, 0.29) is 39.3 Å². The van der Waals surface area contributed by atoms with E-state index in [1.54, 1.807) is 31.2 Å². The van der Waals surface area contributed by atoms with Crippen molar-refractivity contribution in [2.45, 2.75) is 18.4 Å². The Hall–Kier alpha value is -4.08. The van der Waals surface area contributed by atoms with E-state index in [4.69, 9.17) is 11.6 Å². The van der Waals surface area contributed by atoms with E-state index in [0.717, 1.165) is 17.2 Å². The third-order valence-electron chi connectivity index (χ3n) is 5.81. The van der Waals surface area contributed by atoms with Crippen molar-refractivity contribution >= 4 is 32.6 Å². The summed E-state index contributed by atoms with van der Waals surface area (Å²) in [6, 6.07) is 20.1. The molecule has 0 saturated carbocycles. The molecule has 2 aromatic carbocycles. The summed E-state index contributed by atoms with van der Waals surface area (Å²) in [5.74, 6) is -0.132. The van der Waals surface area contributed by atoms with Gasteiger partial charge in [0.25, 0.3) is 0 Å². The summed E-state index contributed by atoms with van der Waals surface area (Å²) < 4.78 is 26.2. The van der Waals surface area contributed by atoms with Crippen molar-refractivity contribution in [2.24, 2.45) is 0 Å². The first kappa shape index (κ1) is 24.6. The highest BCUT2D eigenvalue weighted by Crippen LogP contribution is 2.31. The quantitative estimate of drug-likeness (QED) is 0.303. The predicted molar refractivity (Wildman–Crippen MR) is 142 cm³/mol. The van der Waals surface area contributed by atoms with Crippen LogP contribution in [-0.4, -0.2) is 39.2 Å². The fraction of sp³-hybridized carbons (Fsp3) is 0.111. The van der Waals surface area contributed by atoms with Gasteiger partial charge in [-0.25, -0.2) is 23.4 Å². The maximum Gasteiger partial charge on any atom is 0.210 e. The number of rotatable bonds is 6. The average Bonchev–Trinajstić information content (AvgIpc) is 2.87. The van der Waals surface area contributed by atoms with Gasteiger partial charge in [-0.3, -0.25) is 4.79 Å². The highest BCUT2D eigenvalue weighted by atomic mass is 35.5. The standard InChI is InChI=1S/C27H21ClN4O4S/c1-16-13-19(14-22(28)29-16)25-24(18-5-3-2-4-6-18)32-27-26(31-25)21(34)15-23(30-27)37(35,36)12-11-17-7-9-20(33)10-8-17/h2-10,13-15,33H,11-12H2,1H3,(H,30,32,34). The van der Waals surface area contributed by atoms with Crippen LogP contribution >= 0.6 is 11.6 Å². The van der Waals surface area contributed by atoms with Crippen LogP contribution in [0.3, 0.4) is 0 Å². The lowest BCUT2D eigenvalue weighted by molar-refractivity contribution is 0.475. The molecule has 0 bridgehead atoms. The number of aryl methyl sites for hydroxylation is 2. The van der Waals surface area contributed by atoms with Crippen LogP contribution in [0.1, 0.15) is 11.3 Å². The molecule has 3 aromatic heterocycles. The molecule has 0 fully saturated rings. The number of nitrogens with zero attached hydrogens (tertiary/aromatic N) is 3. The normalized spacial score (nSPS) is 11.6. The zero-order valence-corrected chi connectivity index (χ0v) is 21.2. The Morgan fingerprint density at radius 3 is 2.30 bits per heavy atom. The van der Waals surface area contributed by atoms with E-state index in [0.29, 0.717) is 22.6 Å². The molecule has 0 amide bonds. The van der Waals surface area contributed by atoms with Gasteiger partial charge in [-0.15, -0.1) is 0 Å². The number of hydrogen-bond donors (Lipinski definition) is 2. The van der Waals surface area contributed by atoms with Gasteiger partial charge in [0.1, 0.15) is 15.9 Å². The van der Waals surface area contributed by atoms with Crippen LogP contribution < -0.4 is 5.43 Å². The van der Waals surface area contributed by atoms with E-state index < -0.39 is 15.3 Å². The van der Waals surface area contributed by atoms with E-state index in [9.17, 15) is 18.3 Å². The molecule has 186 valence electrons. The number of pyridine rings is 2. The lowest BCUT2D eigenvalue weighted by Crippen LogP contribution is -2.16. The predicted octanol–water partition coefficient (Wildman–Crippen LogP) is 4.73. The molecule has 0 aliphatic heterocycles. The summed E-state index contributed by atoms with van der Waals surface area (Å²) >= 11 is 6.19. The highest BCUT2D eigenvalue weighted by molar-refractivity contribution is 7.91. The molecule has 0 aliphatic carbocycles.